The molecule has 0 saturated carbocycles. The first-order valence-electron chi connectivity index (χ1n) is 5.38. The maximum atomic E-state index is 11.5. The van der Waals surface area contributed by atoms with Crippen molar-refractivity contribution < 1.29 is 9.63 Å². The molecule has 0 saturated heterocycles. The van der Waals surface area contributed by atoms with Crippen LogP contribution >= 0.6 is 43.5 Å². The van der Waals surface area contributed by atoms with Crippen molar-refractivity contribution in [2.45, 2.75) is 18.2 Å². The summed E-state index contributed by atoms with van der Waals surface area (Å²) in [6.07, 6.45) is -0.653. The summed E-state index contributed by atoms with van der Waals surface area (Å²) in [6.45, 7) is 3.69. The van der Waals surface area contributed by atoms with Crippen molar-refractivity contribution in [2.75, 3.05) is 10.6 Å². The predicted molar refractivity (Wildman–Crippen MR) is 85.8 cm³/mol. The van der Waals surface area contributed by atoms with E-state index >= 15 is 0 Å². The summed E-state index contributed by atoms with van der Waals surface area (Å²) in [6, 6.07) is 6.69. The van der Waals surface area contributed by atoms with E-state index in [1.165, 1.54) is 0 Å². The molecule has 0 bridgehead atoms. The van der Waals surface area contributed by atoms with E-state index in [0.717, 1.165) is 0 Å². The second-order valence-electron chi connectivity index (χ2n) is 4.02. The third-order valence-electron chi connectivity index (χ3n) is 2.36. The number of alkyl halides is 2. The Morgan fingerprint density at radius 1 is 1.47 bits per heavy atom. The summed E-state index contributed by atoms with van der Waals surface area (Å²) in [5, 5.41) is 7.57. The Kier molecular flexibility index (Phi) is 6.29. The lowest BCUT2D eigenvalue weighted by Gasteiger charge is -2.17. The van der Waals surface area contributed by atoms with Gasteiger partial charge < -0.3 is 0 Å². The van der Waals surface area contributed by atoms with Crippen molar-refractivity contribution in [1.29, 1.82) is 0 Å². The molecule has 1 unspecified atom stereocenters. The molecule has 1 atom stereocenters. The van der Waals surface area contributed by atoms with Crippen LogP contribution in [-0.4, -0.2) is 21.5 Å². The van der Waals surface area contributed by atoms with Gasteiger partial charge in [-0.15, -0.1) is 0 Å². The Balaban J connectivity index is 2.57. The zero-order valence-corrected chi connectivity index (χ0v) is 14.3. The van der Waals surface area contributed by atoms with E-state index in [1.54, 1.807) is 31.2 Å². The van der Waals surface area contributed by atoms with E-state index in [2.05, 4.69) is 42.3 Å². The highest BCUT2D eigenvalue weighted by Crippen LogP contribution is 2.22. The van der Waals surface area contributed by atoms with Gasteiger partial charge in [-0.25, -0.2) is 4.79 Å². The Hall–Kier alpha value is -0.590. The molecule has 1 amide bonds. The predicted octanol–water partition coefficient (Wildman–Crippen LogP) is 4.81. The Morgan fingerprint density at radius 3 is 2.58 bits per heavy atom. The molecule has 1 N–H and O–H groups in total. The minimum Gasteiger partial charge on any atom is -0.298 e. The topological polar surface area (TPSA) is 50.7 Å². The fourth-order valence-corrected chi connectivity index (χ4v) is 1.58. The number of benzene rings is 1. The third kappa shape index (κ3) is 5.50. The number of carbonyl (C=O) groups excluding carboxylic acids is 1. The van der Waals surface area contributed by atoms with Crippen molar-refractivity contribution in [3.05, 3.63) is 29.3 Å². The molecule has 0 aliphatic carbocycles. The zero-order valence-electron chi connectivity index (χ0n) is 10.4. The van der Waals surface area contributed by atoms with Crippen LogP contribution in [0.15, 0.2) is 29.4 Å². The van der Waals surface area contributed by atoms with Gasteiger partial charge in [-0.05, 0) is 38.1 Å². The van der Waals surface area contributed by atoms with E-state index in [0.29, 0.717) is 21.8 Å². The molecule has 19 heavy (non-hydrogen) atoms. The normalized spacial score (nSPS) is 14.7. The average Bonchev–Trinajstić information content (AvgIpc) is 2.38. The number of amides is 1. The fraction of sp³-hybridized carbons (Fsp3) is 0.333. The number of nitrogens with zero attached hydrogens (tertiary/aromatic N) is 1. The molecule has 0 aliphatic rings. The lowest BCUT2D eigenvalue weighted by atomic mass is 10.1. The summed E-state index contributed by atoms with van der Waals surface area (Å²) in [7, 11) is 0. The number of hydrogen-bond donors (Lipinski definition) is 1. The Bertz CT molecular complexity index is 475. The smallest absolute Gasteiger partial charge is 0.298 e. The average molecular weight is 413 g/mol. The number of hydrogen-bond acceptors (Lipinski definition) is 3. The van der Waals surface area contributed by atoms with Crippen LogP contribution in [0.4, 0.5) is 10.5 Å². The van der Waals surface area contributed by atoms with Gasteiger partial charge in [0.1, 0.15) is 0 Å². The zero-order chi connectivity index (χ0) is 14.5. The van der Waals surface area contributed by atoms with Crippen LogP contribution < -0.4 is 5.32 Å². The molecule has 0 radical (unpaired) electrons. The van der Waals surface area contributed by atoms with Crippen molar-refractivity contribution in [2.24, 2.45) is 5.16 Å². The van der Waals surface area contributed by atoms with Crippen molar-refractivity contribution in [1.82, 2.24) is 0 Å². The highest BCUT2D eigenvalue weighted by Gasteiger charge is 2.23. The number of oxime groups is 1. The van der Waals surface area contributed by atoms with Gasteiger partial charge in [0.15, 0.2) is 0 Å². The maximum absolute atomic E-state index is 11.5. The molecule has 1 rings (SSSR count). The van der Waals surface area contributed by atoms with Crippen LogP contribution in [0.1, 0.15) is 13.8 Å². The molecule has 4 nitrogen and oxygen atoms in total. The SMILES string of the molecule is C/C(=N/OC(=O)Nc1ccc(Cl)cc1)C(C)(Br)CBr. The highest BCUT2D eigenvalue weighted by molar-refractivity contribution is 9.12. The number of nitrogens with one attached hydrogen (secondary N) is 1. The summed E-state index contributed by atoms with van der Waals surface area (Å²) in [4.78, 5) is 16.3. The van der Waals surface area contributed by atoms with E-state index in [4.69, 9.17) is 16.4 Å². The van der Waals surface area contributed by atoms with Crippen LogP contribution in [-0.2, 0) is 4.84 Å². The molecule has 0 aromatic heterocycles. The summed E-state index contributed by atoms with van der Waals surface area (Å²) >= 11 is 12.6. The van der Waals surface area contributed by atoms with Gasteiger partial charge in [0.25, 0.3) is 0 Å². The minimum absolute atomic E-state index is 0.354. The molecule has 0 aliphatic heterocycles. The molecule has 0 spiro atoms. The van der Waals surface area contributed by atoms with Crippen LogP contribution in [0.25, 0.3) is 0 Å². The largest absolute Gasteiger partial charge is 0.437 e. The lowest BCUT2D eigenvalue weighted by Crippen LogP contribution is -2.28. The van der Waals surface area contributed by atoms with E-state index in [-0.39, 0.29) is 4.32 Å². The number of rotatable bonds is 4. The van der Waals surface area contributed by atoms with Gasteiger partial charge >= 0.3 is 6.09 Å². The van der Waals surface area contributed by atoms with Gasteiger partial charge in [0, 0.05) is 16.0 Å². The Labute approximate surface area is 133 Å². The highest BCUT2D eigenvalue weighted by atomic mass is 79.9. The molecule has 1 aromatic rings. The quantitative estimate of drug-likeness (QED) is 0.334. The van der Waals surface area contributed by atoms with Crippen LogP contribution in [0, 0.1) is 0 Å². The van der Waals surface area contributed by atoms with E-state index in [9.17, 15) is 4.79 Å². The lowest BCUT2D eigenvalue weighted by molar-refractivity contribution is 0.166. The Morgan fingerprint density at radius 2 is 2.05 bits per heavy atom. The van der Waals surface area contributed by atoms with E-state index < -0.39 is 6.09 Å². The first-order chi connectivity index (χ1) is 8.85. The standard InChI is InChI=1S/C12H13Br2ClN2O2/c1-8(12(2,14)7-13)17-19-11(18)16-10-5-3-9(15)4-6-10/h3-6H,7H2,1-2H3,(H,16,18)/b17-8-. The maximum Gasteiger partial charge on any atom is 0.437 e. The fourth-order valence-electron chi connectivity index (χ4n) is 0.976. The summed E-state index contributed by atoms with van der Waals surface area (Å²) in [5.74, 6) is 0. The first-order valence-corrected chi connectivity index (χ1v) is 7.68. The van der Waals surface area contributed by atoms with Crippen molar-refractivity contribution in [3.8, 4) is 0 Å². The van der Waals surface area contributed by atoms with Gasteiger partial charge in [0.2, 0.25) is 0 Å². The molecule has 1 aromatic carbocycles. The van der Waals surface area contributed by atoms with Gasteiger partial charge in [-0.3, -0.25) is 10.2 Å². The summed E-state index contributed by atoms with van der Waals surface area (Å²) in [5.41, 5.74) is 1.24. The van der Waals surface area contributed by atoms with Crippen molar-refractivity contribution >= 4 is 61.0 Å². The second kappa shape index (κ2) is 7.26. The number of carbonyl (C=O) groups is 1. The molecular weight excluding hydrogens is 399 g/mol. The van der Waals surface area contributed by atoms with Crippen LogP contribution in [0.5, 0.6) is 0 Å². The molecule has 104 valence electrons. The first kappa shape index (κ1) is 16.5. The molecule has 7 heteroatoms. The summed E-state index contributed by atoms with van der Waals surface area (Å²) < 4.78 is -0.354. The van der Waals surface area contributed by atoms with Gasteiger partial charge in [-0.1, -0.05) is 48.6 Å². The monoisotopic (exact) mass is 410 g/mol. The molecular formula is C12H13Br2ClN2O2. The molecule has 0 heterocycles. The van der Waals surface area contributed by atoms with Crippen LogP contribution in [0.3, 0.4) is 0 Å². The third-order valence-corrected chi connectivity index (χ3v) is 5.34. The molecule has 0 fully saturated rings. The van der Waals surface area contributed by atoms with E-state index in [1.807, 2.05) is 6.92 Å². The second-order valence-corrected chi connectivity index (χ2v) is 6.77. The minimum atomic E-state index is -0.653. The van der Waals surface area contributed by atoms with Gasteiger partial charge in [-0.2, -0.15) is 0 Å². The number of halogens is 3. The number of anilines is 1. The van der Waals surface area contributed by atoms with Gasteiger partial charge in [0.05, 0.1) is 10.0 Å². The van der Waals surface area contributed by atoms with Crippen molar-refractivity contribution in [3.63, 3.8) is 0 Å². The van der Waals surface area contributed by atoms with Crippen LogP contribution in [0.2, 0.25) is 5.02 Å².